The second-order valence-electron chi connectivity index (χ2n) is 6.55. The molecule has 0 radical (unpaired) electrons. The van der Waals surface area contributed by atoms with Crippen LogP contribution in [0.25, 0.3) is 0 Å². The van der Waals surface area contributed by atoms with Gasteiger partial charge in [-0.15, -0.1) is 0 Å². The molecule has 26 heavy (non-hydrogen) atoms. The van der Waals surface area contributed by atoms with Crippen LogP contribution in [0.4, 0.5) is 5.69 Å². The Morgan fingerprint density at radius 1 is 1.23 bits per heavy atom. The molecular weight excluding hydrogens is 354 g/mol. The van der Waals surface area contributed by atoms with Gasteiger partial charge in [0.15, 0.2) is 11.8 Å². The van der Waals surface area contributed by atoms with E-state index in [1.807, 2.05) is 26.0 Å². The normalized spacial score (nSPS) is 16.3. The van der Waals surface area contributed by atoms with Gasteiger partial charge in [-0.1, -0.05) is 17.7 Å². The van der Waals surface area contributed by atoms with Crippen LogP contribution < -0.4 is 10.2 Å². The highest BCUT2D eigenvalue weighted by atomic mass is 35.5. The van der Waals surface area contributed by atoms with Crippen LogP contribution in [0.5, 0.6) is 0 Å². The lowest BCUT2D eigenvalue weighted by Crippen LogP contribution is -3.19. The van der Waals surface area contributed by atoms with E-state index < -0.39 is 0 Å². The van der Waals surface area contributed by atoms with Gasteiger partial charge in [0, 0.05) is 10.7 Å². The Bertz CT molecular complexity index is 783. The van der Waals surface area contributed by atoms with E-state index in [2.05, 4.69) is 5.32 Å². The van der Waals surface area contributed by atoms with E-state index in [9.17, 15) is 9.59 Å². The Kier molecular flexibility index (Phi) is 5.64. The van der Waals surface area contributed by atoms with Crippen LogP contribution in [0.15, 0.2) is 41.0 Å². The zero-order valence-corrected chi connectivity index (χ0v) is 15.7. The summed E-state index contributed by atoms with van der Waals surface area (Å²) in [4.78, 5) is 27.8. The van der Waals surface area contributed by atoms with Gasteiger partial charge < -0.3 is 19.5 Å². The van der Waals surface area contributed by atoms with Gasteiger partial charge >= 0.3 is 0 Å². The van der Waals surface area contributed by atoms with Crippen molar-refractivity contribution >= 4 is 29.1 Å². The number of benzene rings is 1. The van der Waals surface area contributed by atoms with E-state index >= 15 is 0 Å². The predicted molar refractivity (Wildman–Crippen MR) is 99.6 cm³/mol. The maximum Gasteiger partial charge on any atom is 0.289 e. The molecule has 0 unspecified atom stereocenters. The summed E-state index contributed by atoms with van der Waals surface area (Å²) in [5.74, 6) is 0.215. The number of rotatable bonds is 4. The Hall–Kier alpha value is -2.31. The third-order valence-electron chi connectivity index (χ3n) is 4.96. The third kappa shape index (κ3) is 3.92. The molecule has 2 heterocycles. The van der Waals surface area contributed by atoms with E-state index in [4.69, 9.17) is 16.0 Å². The number of quaternary nitrogens is 1. The van der Waals surface area contributed by atoms with Crippen LogP contribution in [0.2, 0.25) is 5.02 Å². The zero-order chi connectivity index (χ0) is 18.7. The SMILES string of the molecule is Cc1c(Cl)cccc1NC(=O)[C@@H](C)[NH+]1CCN(C(=O)c2ccco2)CC1. The van der Waals surface area contributed by atoms with Gasteiger partial charge in [0.25, 0.3) is 11.8 Å². The fraction of sp³-hybridized carbons (Fsp3) is 0.368. The molecule has 1 saturated heterocycles. The van der Waals surface area contributed by atoms with Gasteiger partial charge in [0.05, 0.1) is 32.4 Å². The van der Waals surface area contributed by atoms with Crippen molar-refractivity contribution in [2.45, 2.75) is 19.9 Å². The molecule has 2 aromatic rings. The molecule has 2 N–H and O–H groups in total. The summed E-state index contributed by atoms with van der Waals surface area (Å²) in [5.41, 5.74) is 1.60. The number of halogens is 1. The number of hydrogen-bond acceptors (Lipinski definition) is 3. The molecule has 1 fully saturated rings. The lowest BCUT2D eigenvalue weighted by Gasteiger charge is -2.34. The average molecular weight is 377 g/mol. The Balaban J connectivity index is 1.56. The van der Waals surface area contributed by atoms with Crippen molar-refractivity contribution in [2.75, 3.05) is 31.5 Å². The molecule has 1 aliphatic rings. The minimum atomic E-state index is -0.214. The second-order valence-corrected chi connectivity index (χ2v) is 6.96. The van der Waals surface area contributed by atoms with Gasteiger partial charge in [-0.3, -0.25) is 9.59 Å². The minimum Gasteiger partial charge on any atom is -0.459 e. The van der Waals surface area contributed by atoms with Gasteiger partial charge in [-0.05, 0) is 43.7 Å². The number of nitrogens with one attached hydrogen (secondary N) is 2. The summed E-state index contributed by atoms with van der Waals surface area (Å²) in [6.45, 7) is 6.43. The predicted octanol–water partition coefficient (Wildman–Crippen LogP) is 1.61. The van der Waals surface area contributed by atoms with E-state index in [1.165, 1.54) is 6.26 Å². The monoisotopic (exact) mass is 376 g/mol. The van der Waals surface area contributed by atoms with Gasteiger partial charge in [0.2, 0.25) is 0 Å². The number of carbonyl (C=O) groups is 2. The third-order valence-corrected chi connectivity index (χ3v) is 5.37. The molecule has 0 spiro atoms. The largest absolute Gasteiger partial charge is 0.459 e. The summed E-state index contributed by atoms with van der Waals surface area (Å²) >= 11 is 6.11. The van der Waals surface area contributed by atoms with Gasteiger partial charge in [0.1, 0.15) is 0 Å². The molecule has 3 rings (SSSR count). The van der Waals surface area contributed by atoms with E-state index in [0.717, 1.165) is 29.2 Å². The van der Waals surface area contributed by atoms with E-state index in [1.54, 1.807) is 23.1 Å². The lowest BCUT2D eigenvalue weighted by molar-refractivity contribution is -0.917. The molecular formula is C19H23ClN3O3+. The second kappa shape index (κ2) is 7.93. The van der Waals surface area contributed by atoms with Gasteiger partial charge in [-0.25, -0.2) is 0 Å². The summed E-state index contributed by atoms with van der Waals surface area (Å²) in [6.07, 6.45) is 1.50. The van der Waals surface area contributed by atoms with Crippen LogP contribution >= 0.6 is 11.6 Å². The van der Waals surface area contributed by atoms with Crippen LogP contribution in [0.1, 0.15) is 23.0 Å². The van der Waals surface area contributed by atoms with Crippen molar-refractivity contribution in [3.05, 3.63) is 52.9 Å². The Labute approximate surface area is 157 Å². The molecule has 1 atom stereocenters. The maximum atomic E-state index is 12.6. The van der Waals surface area contributed by atoms with Crippen molar-refractivity contribution in [1.82, 2.24) is 4.90 Å². The fourth-order valence-electron chi connectivity index (χ4n) is 3.16. The highest BCUT2D eigenvalue weighted by molar-refractivity contribution is 6.31. The summed E-state index contributed by atoms with van der Waals surface area (Å²) < 4.78 is 5.18. The van der Waals surface area contributed by atoms with Crippen molar-refractivity contribution < 1.29 is 18.9 Å². The smallest absolute Gasteiger partial charge is 0.289 e. The highest BCUT2D eigenvalue weighted by Gasteiger charge is 2.31. The first-order valence-corrected chi connectivity index (χ1v) is 9.08. The standard InChI is InChI=1S/C19H22ClN3O3/c1-13-15(20)5-3-6-16(13)21-18(24)14(2)22-8-10-23(11-9-22)19(25)17-7-4-12-26-17/h3-7,12,14H,8-11H2,1-2H3,(H,21,24)/p+1/t14-/m1/s1. The molecule has 1 aromatic heterocycles. The first-order chi connectivity index (χ1) is 12.5. The number of furan rings is 1. The molecule has 7 heteroatoms. The number of hydrogen-bond donors (Lipinski definition) is 2. The Morgan fingerprint density at radius 3 is 2.62 bits per heavy atom. The van der Waals surface area contributed by atoms with Crippen LogP contribution in [-0.2, 0) is 4.79 Å². The molecule has 138 valence electrons. The maximum absolute atomic E-state index is 12.6. The van der Waals surface area contributed by atoms with Crippen molar-refractivity contribution in [3.8, 4) is 0 Å². The molecule has 0 aliphatic carbocycles. The van der Waals surface area contributed by atoms with E-state index in [0.29, 0.717) is 23.9 Å². The molecule has 0 bridgehead atoms. The van der Waals surface area contributed by atoms with Crippen LogP contribution in [0, 0.1) is 6.92 Å². The van der Waals surface area contributed by atoms with Gasteiger partial charge in [-0.2, -0.15) is 0 Å². The number of nitrogens with zero attached hydrogens (tertiary/aromatic N) is 1. The van der Waals surface area contributed by atoms with Crippen LogP contribution in [-0.4, -0.2) is 48.9 Å². The lowest BCUT2D eigenvalue weighted by atomic mass is 10.1. The van der Waals surface area contributed by atoms with Crippen LogP contribution in [0.3, 0.4) is 0 Å². The zero-order valence-electron chi connectivity index (χ0n) is 14.9. The first-order valence-electron chi connectivity index (χ1n) is 8.70. The fourth-order valence-corrected chi connectivity index (χ4v) is 3.33. The summed E-state index contributed by atoms with van der Waals surface area (Å²) in [7, 11) is 0. The van der Waals surface area contributed by atoms with Crippen molar-refractivity contribution in [1.29, 1.82) is 0 Å². The summed E-state index contributed by atoms with van der Waals surface area (Å²) in [5, 5.41) is 3.60. The number of amides is 2. The first kappa shape index (κ1) is 18.5. The quantitative estimate of drug-likeness (QED) is 0.852. The minimum absolute atomic E-state index is 0.0452. The molecule has 1 aliphatic heterocycles. The molecule has 0 saturated carbocycles. The number of carbonyl (C=O) groups excluding carboxylic acids is 2. The molecule has 1 aromatic carbocycles. The highest BCUT2D eigenvalue weighted by Crippen LogP contribution is 2.22. The summed E-state index contributed by atoms with van der Waals surface area (Å²) in [6, 6.07) is 8.64. The van der Waals surface area contributed by atoms with Crippen molar-refractivity contribution in [3.63, 3.8) is 0 Å². The number of anilines is 1. The topological polar surface area (TPSA) is 67.0 Å². The number of piperazine rings is 1. The van der Waals surface area contributed by atoms with Crippen molar-refractivity contribution in [2.24, 2.45) is 0 Å². The molecule has 6 nitrogen and oxygen atoms in total. The average Bonchev–Trinajstić information content (AvgIpc) is 3.19. The van der Waals surface area contributed by atoms with E-state index in [-0.39, 0.29) is 17.9 Å². The molecule has 2 amide bonds. The Morgan fingerprint density at radius 2 is 1.96 bits per heavy atom.